The second kappa shape index (κ2) is 8.02. The number of rotatable bonds is 4. The van der Waals surface area contributed by atoms with E-state index in [-0.39, 0.29) is 11.8 Å². The first-order chi connectivity index (χ1) is 15.5. The number of benzene rings is 3. The summed E-state index contributed by atoms with van der Waals surface area (Å²) in [7, 11) is 1.58. The van der Waals surface area contributed by atoms with E-state index in [1.807, 2.05) is 42.2 Å². The fraction of sp³-hybridized carbons (Fsp3) is 0.231. The van der Waals surface area contributed by atoms with Crippen LogP contribution in [0.15, 0.2) is 72.8 Å². The number of aryl methyl sites for hydroxylation is 1. The van der Waals surface area contributed by atoms with Crippen LogP contribution in [-0.4, -0.2) is 36.1 Å². The Labute approximate surface area is 192 Å². The lowest BCUT2D eigenvalue weighted by molar-refractivity contribution is -0.123. The molecule has 1 spiro atoms. The predicted octanol–water partition coefficient (Wildman–Crippen LogP) is 4.59. The van der Waals surface area contributed by atoms with Crippen LogP contribution >= 0.6 is 11.8 Å². The van der Waals surface area contributed by atoms with E-state index in [1.165, 1.54) is 5.56 Å². The van der Waals surface area contributed by atoms with E-state index in [4.69, 9.17) is 4.74 Å². The Morgan fingerprint density at radius 1 is 1.06 bits per heavy atom. The summed E-state index contributed by atoms with van der Waals surface area (Å²) in [5.74, 6) is 1.11. The number of carbonyl (C=O) groups is 2. The molecule has 2 amide bonds. The summed E-state index contributed by atoms with van der Waals surface area (Å²) in [6.45, 7) is 3.03. The molecule has 162 valence electrons. The summed E-state index contributed by atoms with van der Waals surface area (Å²) in [6.07, 6.45) is 0. The summed E-state index contributed by atoms with van der Waals surface area (Å²) >= 11 is 1.54. The molecule has 2 aliphatic rings. The zero-order valence-corrected chi connectivity index (χ0v) is 18.9. The van der Waals surface area contributed by atoms with Crippen molar-refractivity contribution in [2.45, 2.75) is 18.3 Å². The largest absolute Gasteiger partial charge is 0.497 e. The van der Waals surface area contributed by atoms with Crippen LogP contribution in [0.4, 0.5) is 5.69 Å². The topological polar surface area (TPSA) is 49.9 Å². The highest BCUT2D eigenvalue weighted by Gasteiger charge is 2.59. The summed E-state index contributed by atoms with van der Waals surface area (Å²) in [6, 6.07) is 23.2. The molecule has 5 rings (SSSR count). The van der Waals surface area contributed by atoms with E-state index in [1.54, 1.807) is 42.0 Å². The average Bonchev–Trinajstić information content (AvgIpc) is 3.37. The van der Waals surface area contributed by atoms with E-state index in [2.05, 4.69) is 24.3 Å². The van der Waals surface area contributed by atoms with Gasteiger partial charge in [-0.1, -0.05) is 54.1 Å². The van der Waals surface area contributed by atoms with Crippen molar-refractivity contribution in [2.24, 2.45) is 0 Å². The second-order valence-corrected chi connectivity index (χ2v) is 9.36. The number of para-hydroxylation sites is 1. The third kappa shape index (κ3) is 3.17. The summed E-state index contributed by atoms with van der Waals surface area (Å²) in [4.78, 5) is 30.2. The number of anilines is 1. The van der Waals surface area contributed by atoms with Gasteiger partial charge in [0, 0.05) is 23.4 Å². The number of amides is 2. The van der Waals surface area contributed by atoms with Crippen molar-refractivity contribution >= 4 is 29.3 Å². The van der Waals surface area contributed by atoms with Gasteiger partial charge in [0.1, 0.15) is 5.75 Å². The Bertz CT molecular complexity index is 1190. The number of hydrogen-bond acceptors (Lipinski definition) is 4. The molecule has 0 radical (unpaired) electrons. The van der Waals surface area contributed by atoms with Gasteiger partial charge in [-0.2, -0.15) is 0 Å². The van der Waals surface area contributed by atoms with Gasteiger partial charge in [-0.3, -0.25) is 9.59 Å². The third-order valence-corrected chi connectivity index (χ3v) is 7.54. The third-order valence-electron chi connectivity index (χ3n) is 6.12. The molecule has 0 unspecified atom stereocenters. The first-order valence-corrected chi connectivity index (χ1v) is 11.6. The van der Waals surface area contributed by atoms with Crippen molar-refractivity contribution in [3.8, 4) is 5.75 Å². The molecule has 32 heavy (non-hydrogen) atoms. The van der Waals surface area contributed by atoms with Crippen LogP contribution in [-0.2, 0) is 16.2 Å². The molecular weight excluding hydrogens is 420 g/mol. The minimum absolute atomic E-state index is 0.0574. The average molecular weight is 445 g/mol. The second-order valence-electron chi connectivity index (χ2n) is 8.08. The summed E-state index contributed by atoms with van der Waals surface area (Å²) in [5.41, 5.74) is 4.52. The van der Waals surface area contributed by atoms with Crippen molar-refractivity contribution in [3.05, 3.63) is 95.1 Å². The molecule has 2 aliphatic heterocycles. The van der Waals surface area contributed by atoms with Crippen LogP contribution in [0, 0.1) is 6.92 Å². The van der Waals surface area contributed by atoms with Gasteiger partial charge in [0.05, 0.1) is 19.3 Å². The van der Waals surface area contributed by atoms with Crippen LogP contribution in [0.25, 0.3) is 0 Å². The molecule has 0 bridgehead atoms. The first kappa shape index (κ1) is 20.6. The van der Waals surface area contributed by atoms with Gasteiger partial charge in [-0.15, -0.1) is 11.8 Å². The van der Waals surface area contributed by atoms with Gasteiger partial charge in [0.15, 0.2) is 4.87 Å². The molecule has 1 atom stereocenters. The normalized spacial score (nSPS) is 19.5. The highest BCUT2D eigenvalue weighted by molar-refractivity contribution is 8.01. The van der Waals surface area contributed by atoms with Gasteiger partial charge >= 0.3 is 0 Å². The molecule has 1 saturated heterocycles. The Kier molecular flexibility index (Phi) is 5.18. The van der Waals surface area contributed by atoms with Crippen molar-refractivity contribution in [3.63, 3.8) is 0 Å². The number of thioether (sulfide) groups is 1. The molecule has 6 heteroatoms. The minimum atomic E-state index is -1.04. The molecule has 5 nitrogen and oxygen atoms in total. The van der Waals surface area contributed by atoms with Crippen LogP contribution in [0.2, 0.25) is 0 Å². The van der Waals surface area contributed by atoms with Gasteiger partial charge in [-0.25, -0.2) is 0 Å². The number of nitrogens with zero attached hydrogens (tertiary/aromatic N) is 2. The van der Waals surface area contributed by atoms with Crippen molar-refractivity contribution in [1.82, 2.24) is 4.90 Å². The van der Waals surface area contributed by atoms with Crippen molar-refractivity contribution in [1.29, 1.82) is 0 Å². The van der Waals surface area contributed by atoms with Crippen molar-refractivity contribution < 1.29 is 14.3 Å². The Hall–Kier alpha value is -3.25. The van der Waals surface area contributed by atoms with Crippen LogP contribution < -0.4 is 9.64 Å². The smallest absolute Gasteiger partial charge is 0.268 e. The zero-order valence-electron chi connectivity index (χ0n) is 18.1. The molecule has 1 fully saturated rings. The molecular formula is C26H24N2O3S. The van der Waals surface area contributed by atoms with Crippen molar-refractivity contribution in [2.75, 3.05) is 24.3 Å². The lowest BCUT2D eigenvalue weighted by Gasteiger charge is -2.33. The molecule has 0 N–H and O–H groups in total. The molecule has 3 aromatic rings. The highest BCUT2D eigenvalue weighted by Crippen LogP contribution is 2.54. The number of methoxy groups -OCH3 is 1. The van der Waals surface area contributed by atoms with Gasteiger partial charge < -0.3 is 14.5 Å². The SMILES string of the molecule is COc1cccc(C(=O)N2CCS[C@@]23C(=O)N(Cc2ccc(C)cc2)c2ccccc23)c1. The summed E-state index contributed by atoms with van der Waals surface area (Å²) in [5, 5.41) is 0. The minimum Gasteiger partial charge on any atom is -0.497 e. The number of hydrogen-bond donors (Lipinski definition) is 0. The fourth-order valence-electron chi connectivity index (χ4n) is 4.51. The molecule has 0 saturated carbocycles. The van der Waals surface area contributed by atoms with E-state index >= 15 is 0 Å². The van der Waals surface area contributed by atoms with Gasteiger partial charge in [0.2, 0.25) is 0 Å². The highest BCUT2D eigenvalue weighted by atomic mass is 32.2. The van der Waals surface area contributed by atoms with E-state index in [9.17, 15) is 9.59 Å². The molecule has 2 heterocycles. The maximum atomic E-state index is 14.0. The Balaban J connectivity index is 1.55. The van der Waals surface area contributed by atoms with E-state index in [0.717, 1.165) is 16.8 Å². The maximum absolute atomic E-state index is 14.0. The first-order valence-electron chi connectivity index (χ1n) is 10.6. The lowest BCUT2D eigenvalue weighted by Crippen LogP contribution is -2.50. The Morgan fingerprint density at radius 2 is 1.84 bits per heavy atom. The fourth-order valence-corrected chi connectivity index (χ4v) is 5.97. The number of fused-ring (bicyclic) bond motifs is 2. The molecule has 0 aromatic heterocycles. The van der Waals surface area contributed by atoms with Crippen LogP contribution in [0.5, 0.6) is 5.75 Å². The predicted molar refractivity (Wildman–Crippen MR) is 127 cm³/mol. The monoisotopic (exact) mass is 444 g/mol. The van der Waals surface area contributed by atoms with Gasteiger partial charge in [0.25, 0.3) is 11.8 Å². The maximum Gasteiger partial charge on any atom is 0.268 e. The van der Waals surface area contributed by atoms with Crippen LogP contribution in [0.1, 0.15) is 27.0 Å². The van der Waals surface area contributed by atoms with E-state index in [0.29, 0.717) is 30.2 Å². The number of ether oxygens (including phenoxy) is 1. The number of carbonyl (C=O) groups excluding carboxylic acids is 2. The lowest BCUT2D eigenvalue weighted by atomic mass is 10.0. The van der Waals surface area contributed by atoms with E-state index < -0.39 is 4.87 Å². The molecule has 3 aromatic carbocycles. The molecule has 0 aliphatic carbocycles. The standard InChI is InChI=1S/C26H24N2O3S/c1-18-10-12-19(13-11-18)17-27-23-9-4-3-8-22(23)26(25(27)30)28(14-15-32-26)24(29)20-6-5-7-21(16-20)31-2/h3-13,16H,14-15,17H2,1-2H3/t26-/m0/s1. The zero-order chi connectivity index (χ0) is 22.3. The Morgan fingerprint density at radius 3 is 2.62 bits per heavy atom. The van der Waals surface area contributed by atoms with Crippen LogP contribution in [0.3, 0.4) is 0 Å². The van der Waals surface area contributed by atoms with Gasteiger partial charge in [-0.05, 0) is 36.8 Å². The summed E-state index contributed by atoms with van der Waals surface area (Å²) < 4.78 is 5.30. The quantitative estimate of drug-likeness (QED) is 0.591.